The Bertz CT molecular complexity index is 1020. The van der Waals surface area contributed by atoms with Crippen LogP contribution in [0.2, 0.25) is 10.0 Å². The molecule has 0 unspecified atom stereocenters. The molecule has 0 radical (unpaired) electrons. The van der Waals surface area contributed by atoms with E-state index in [4.69, 9.17) is 27.9 Å². The Hall–Kier alpha value is -2.83. The fourth-order valence-corrected chi connectivity index (χ4v) is 2.51. The third kappa shape index (κ3) is 3.87. The van der Waals surface area contributed by atoms with Gasteiger partial charge in [-0.15, -0.1) is 0 Å². The van der Waals surface area contributed by atoms with E-state index in [1.807, 2.05) is 0 Å². The Morgan fingerprint density at radius 2 is 1.81 bits per heavy atom. The Balaban J connectivity index is 1.90. The second-order valence-corrected chi connectivity index (χ2v) is 6.07. The smallest absolute Gasteiger partial charge is 0.280 e. The number of anilines is 1. The molecule has 2 aromatic carbocycles. The van der Waals surface area contributed by atoms with E-state index in [9.17, 15) is 9.59 Å². The highest BCUT2D eigenvalue weighted by atomic mass is 35.5. The van der Waals surface area contributed by atoms with Crippen LogP contribution in [0.25, 0.3) is 5.69 Å². The van der Waals surface area contributed by atoms with E-state index in [1.54, 1.807) is 43.5 Å². The maximum absolute atomic E-state index is 12.4. The largest absolute Gasteiger partial charge is 0.497 e. The highest BCUT2D eigenvalue weighted by molar-refractivity contribution is 6.42. The summed E-state index contributed by atoms with van der Waals surface area (Å²) in [5.41, 5.74) is 0.349. The topological polar surface area (TPSA) is 73.2 Å². The van der Waals surface area contributed by atoms with Gasteiger partial charge in [0.25, 0.3) is 5.91 Å². The van der Waals surface area contributed by atoms with Gasteiger partial charge in [-0.3, -0.25) is 9.59 Å². The molecule has 3 aromatic rings. The fourth-order valence-electron chi connectivity index (χ4n) is 2.21. The van der Waals surface area contributed by atoms with E-state index in [-0.39, 0.29) is 5.69 Å². The van der Waals surface area contributed by atoms with Gasteiger partial charge in [0.2, 0.25) is 5.43 Å². The molecular weight excluding hydrogens is 377 g/mol. The predicted octanol–water partition coefficient (Wildman–Crippen LogP) is 3.80. The first-order chi connectivity index (χ1) is 12.5. The summed E-state index contributed by atoms with van der Waals surface area (Å²) in [5.74, 6) is 0.0450. The molecule has 1 amide bonds. The lowest BCUT2D eigenvalue weighted by molar-refractivity contribution is 0.101. The maximum Gasteiger partial charge on any atom is 0.280 e. The van der Waals surface area contributed by atoms with Crippen molar-refractivity contribution < 1.29 is 9.53 Å². The van der Waals surface area contributed by atoms with Crippen molar-refractivity contribution >= 4 is 34.8 Å². The lowest BCUT2D eigenvalue weighted by Gasteiger charge is -2.09. The van der Waals surface area contributed by atoms with E-state index in [2.05, 4.69) is 10.4 Å². The highest BCUT2D eigenvalue weighted by Crippen LogP contribution is 2.25. The molecule has 1 heterocycles. The van der Waals surface area contributed by atoms with Gasteiger partial charge in [-0.25, -0.2) is 4.68 Å². The average Bonchev–Trinajstić information content (AvgIpc) is 2.65. The van der Waals surface area contributed by atoms with E-state index in [0.29, 0.717) is 27.2 Å². The quantitative estimate of drug-likeness (QED) is 0.736. The molecule has 0 saturated carbocycles. The third-order valence-corrected chi connectivity index (χ3v) is 4.28. The Kier molecular flexibility index (Phi) is 5.25. The van der Waals surface area contributed by atoms with Crippen LogP contribution in [0.15, 0.2) is 59.5 Å². The standard InChI is InChI=1S/C18H13Cl2N3O3/c1-26-13-5-3-12(4-6-13)23-9-8-16(24)17(22-23)18(25)21-11-2-7-14(19)15(20)10-11/h2-10H,1H3,(H,21,25). The zero-order valence-corrected chi connectivity index (χ0v) is 15.1. The molecule has 8 heteroatoms. The molecule has 0 fully saturated rings. The van der Waals surface area contributed by atoms with Gasteiger partial charge in [0, 0.05) is 18.0 Å². The van der Waals surface area contributed by atoms with Crippen LogP contribution in [0.1, 0.15) is 10.5 Å². The van der Waals surface area contributed by atoms with Crippen molar-refractivity contribution in [1.29, 1.82) is 0 Å². The number of ether oxygens (including phenoxy) is 1. The molecule has 3 rings (SSSR count). The van der Waals surface area contributed by atoms with Crippen molar-refractivity contribution in [3.63, 3.8) is 0 Å². The Morgan fingerprint density at radius 3 is 2.46 bits per heavy atom. The van der Waals surface area contributed by atoms with Crippen LogP contribution in [0.4, 0.5) is 5.69 Å². The molecule has 0 spiro atoms. The van der Waals surface area contributed by atoms with Crippen molar-refractivity contribution in [3.05, 3.63) is 80.7 Å². The SMILES string of the molecule is COc1ccc(-n2ccc(=O)c(C(=O)Nc3ccc(Cl)c(Cl)c3)n2)cc1. The minimum atomic E-state index is -0.642. The number of hydrogen-bond donors (Lipinski definition) is 1. The zero-order valence-electron chi connectivity index (χ0n) is 13.6. The summed E-state index contributed by atoms with van der Waals surface area (Å²) < 4.78 is 6.54. The van der Waals surface area contributed by atoms with Gasteiger partial charge in [-0.1, -0.05) is 23.2 Å². The first kappa shape index (κ1) is 18.0. The molecule has 0 aliphatic heterocycles. The number of amides is 1. The van der Waals surface area contributed by atoms with Crippen molar-refractivity contribution in [2.75, 3.05) is 12.4 Å². The second-order valence-electron chi connectivity index (χ2n) is 5.25. The fraction of sp³-hybridized carbons (Fsp3) is 0.0556. The van der Waals surface area contributed by atoms with Gasteiger partial charge < -0.3 is 10.1 Å². The summed E-state index contributed by atoms with van der Waals surface area (Å²) in [7, 11) is 1.57. The number of halogens is 2. The van der Waals surface area contributed by atoms with Crippen LogP contribution in [0.3, 0.4) is 0 Å². The van der Waals surface area contributed by atoms with Crippen LogP contribution < -0.4 is 15.5 Å². The normalized spacial score (nSPS) is 10.4. The summed E-state index contributed by atoms with van der Waals surface area (Å²) in [6.07, 6.45) is 1.49. The number of methoxy groups -OCH3 is 1. The third-order valence-electron chi connectivity index (χ3n) is 3.54. The average molecular weight is 390 g/mol. The number of rotatable bonds is 4. The predicted molar refractivity (Wildman–Crippen MR) is 101 cm³/mol. The molecular formula is C18H13Cl2N3O3. The van der Waals surface area contributed by atoms with Gasteiger partial charge in [-0.05, 0) is 42.5 Å². The van der Waals surface area contributed by atoms with Gasteiger partial charge in [0.15, 0.2) is 5.69 Å². The molecule has 26 heavy (non-hydrogen) atoms. The minimum Gasteiger partial charge on any atom is -0.497 e. The molecule has 0 aliphatic rings. The van der Waals surface area contributed by atoms with E-state index >= 15 is 0 Å². The van der Waals surface area contributed by atoms with Gasteiger partial charge in [0.05, 0.1) is 22.8 Å². The van der Waals surface area contributed by atoms with Crippen LogP contribution in [0, 0.1) is 0 Å². The van der Waals surface area contributed by atoms with Crippen LogP contribution in [-0.4, -0.2) is 22.8 Å². The lowest BCUT2D eigenvalue weighted by atomic mass is 10.3. The first-order valence-electron chi connectivity index (χ1n) is 7.49. The molecule has 0 saturated heterocycles. The summed E-state index contributed by atoms with van der Waals surface area (Å²) in [6.45, 7) is 0. The van der Waals surface area contributed by atoms with Gasteiger partial charge >= 0.3 is 0 Å². The van der Waals surface area contributed by atoms with E-state index in [1.165, 1.54) is 23.0 Å². The number of benzene rings is 2. The number of hydrogen-bond acceptors (Lipinski definition) is 4. The molecule has 6 nitrogen and oxygen atoms in total. The van der Waals surface area contributed by atoms with Gasteiger partial charge in [-0.2, -0.15) is 5.10 Å². The van der Waals surface area contributed by atoms with Crippen molar-refractivity contribution in [2.24, 2.45) is 0 Å². The monoisotopic (exact) mass is 389 g/mol. The Labute approximate surface area is 158 Å². The number of nitrogens with one attached hydrogen (secondary N) is 1. The maximum atomic E-state index is 12.4. The van der Waals surface area contributed by atoms with Crippen molar-refractivity contribution in [1.82, 2.24) is 9.78 Å². The number of nitrogens with zero attached hydrogens (tertiary/aromatic N) is 2. The van der Waals surface area contributed by atoms with Crippen molar-refractivity contribution in [3.8, 4) is 11.4 Å². The number of carbonyl (C=O) groups is 1. The molecule has 0 atom stereocenters. The molecule has 0 aliphatic carbocycles. The zero-order chi connectivity index (χ0) is 18.7. The summed E-state index contributed by atoms with van der Waals surface area (Å²) in [5, 5.41) is 7.37. The van der Waals surface area contributed by atoms with Crippen molar-refractivity contribution in [2.45, 2.75) is 0 Å². The number of carbonyl (C=O) groups excluding carboxylic acids is 1. The molecule has 0 bridgehead atoms. The van der Waals surface area contributed by atoms with Crippen LogP contribution >= 0.6 is 23.2 Å². The summed E-state index contributed by atoms with van der Waals surface area (Å²) in [6, 6.07) is 12.9. The number of aromatic nitrogens is 2. The summed E-state index contributed by atoms with van der Waals surface area (Å²) >= 11 is 11.8. The summed E-state index contributed by atoms with van der Waals surface area (Å²) in [4.78, 5) is 24.5. The lowest BCUT2D eigenvalue weighted by Crippen LogP contribution is -2.25. The first-order valence-corrected chi connectivity index (χ1v) is 8.24. The van der Waals surface area contributed by atoms with Crippen LogP contribution in [0.5, 0.6) is 5.75 Å². The minimum absolute atomic E-state index is 0.241. The highest BCUT2D eigenvalue weighted by Gasteiger charge is 2.14. The van der Waals surface area contributed by atoms with Gasteiger partial charge in [0.1, 0.15) is 5.75 Å². The second kappa shape index (κ2) is 7.59. The molecule has 1 N–H and O–H groups in total. The Morgan fingerprint density at radius 1 is 1.08 bits per heavy atom. The molecule has 132 valence electrons. The van der Waals surface area contributed by atoms with E-state index in [0.717, 1.165) is 0 Å². The molecule has 1 aromatic heterocycles. The van der Waals surface area contributed by atoms with E-state index < -0.39 is 11.3 Å². The van der Waals surface area contributed by atoms with Crippen LogP contribution in [-0.2, 0) is 0 Å².